The second kappa shape index (κ2) is 10.3. The molecular weight excluding hydrogens is 555 g/mol. The maximum absolute atomic E-state index is 13.5. The van der Waals surface area contributed by atoms with E-state index in [4.69, 9.17) is 23.2 Å². The minimum atomic E-state index is -0.568. The van der Waals surface area contributed by atoms with Crippen molar-refractivity contribution in [3.05, 3.63) is 94.6 Å². The van der Waals surface area contributed by atoms with Gasteiger partial charge in [-0.25, -0.2) is 9.78 Å². The van der Waals surface area contributed by atoms with Crippen LogP contribution in [0.2, 0.25) is 10.2 Å². The number of aromatic nitrogens is 7. The molecule has 11 nitrogen and oxygen atoms in total. The van der Waals surface area contributed by atoms with Crippen LogP contribution in [0.15, 0.2) is 79.3 Å². The first-order valence-corrected chi connectivity index (χ1v) is 12.6. The van der Waals surface area contributed by atoms with Gasteiger partial charge >= 0.3 is 6.09 Å². The SMILES string of the molecule is COC(=O)Nc1ccc(-c2[nH]c(-c3cccc4cc(-c5cc(Cl)ccc5-n5cnnn5)c[n+]([O-])c34)nc2Cl)cc1. The van der Waals surface area contributed by atoms with Gasteiger partial charge in [0.05, 0.1) is 24.1 Å². The van der Waals surface area contributed by atoms with Crippen molar-refractivity contribution in [3.63, 3.8) is 0 Å². The Kier molecular flexibility index (Phi) is 6.50. The number of aromatic amines is 1. The molecule has 6 aromatic rings. The molecule has 0 aliphatic carbocycles. The number of methoxy groups -OCH3 is 1. The van der Waals surface area contributed by atoms with Gasteiger partial charge in [-0.15, -0.1) is 5.10 Å². The number of H-pyrrole nitrogens is 1. The van der Waals surface area contributed by atoms with Crippen molar-refractivity contribution in [2.75, 3.05) is 12.4 Å². The average Bonchev–Trinajstić information content (AvgIpc) is 3.63. The summed E-state index contributed by atoms with van der Waals surface area (Å²) in [7, 11) is 1.29. The van der Waals surface area contributed by atoms with Gasteiger partial charge in [-0.2, -0.15) is 9.41 Å². The Bertz CT molecular complexity index is 1870. The molecule has 0 saturated heterocycles. The highest BCUT2D eigenvalue weighted by Crippen LogP contribution is 2.34. The summed E-state index contributed by atoms with van der Waals surface area (Å²) in [5.74, 6) is 0.428. The van der Waals surface area contributed by atoms with Crippen LogP contribution < -0.4 is 10.0 Å². The number of anilines is 1. The van der Waals surface area contributed by atoms with Crippen LogP contribution in [0.5, 0.6) is 0 Å². The Labute approximate surface area is 236 Å². The zero-order chi connectivity index (χ0) is 27.8. The second-order valence-electron chi connectivity index (χ2n) is 8.66. The molecule has 0 aliphatic rings. The molecule has 1 amide bonds. The molecule has 0 aliphatic heterocycles. The van der Waals surface area contributed by atoms with Crippen LogP contribution in [-0.4, -0.2) is 43.4 Å². The monoisotopic (exact) mass is 572 g/mol. The number of nitrogens with one attached hydrogen (secondary N) is 2. The molecule has 13 heteroatoms. The highest BCUT2D eigenvalue weighted by Gasteiger charge is 2.21. The predicted molar refractivity (Wildman–Crippen MR) is 150 cm³/mol. The van der Waals surface area contributed by atoms with Crippen molar-refractivity contribution in [1.29, 1.82) is 0 Å². The number of hydrogen-bond acceptors (Lipinski definition) is 7. The van der Waals surface area contributed by atoms with Crippen molar-refractivity contribution in [3.8, 4) is 39.5 Å². The Morgan fingerprint density at radius 2 is 1.88 bits per heavy atom. The van der Waals surface area contributed by atoms with Gasteiger partial charge in [0.15, 0.2) is 11.3 Å². The van der Waals surface area contributed by atoms with Crippen molar-refractivity contribution < 1.29 is 14.3 Å². The number of para-hydroxylation sites is 1. The van der Waals surface area contributed by atoms with Crippen LogP contribution in [0.25, 0.3) is 50.4 Å². The maximum atomic E-state index is 13.5. The van der Waals surface area contributed by atoms with Crippen LogP contribution in [0, 0.1) is 5.21 Å². The molecule has 0 radical (unpaired) electrons. The third-order valence-electron chi connectivity index (χ3n) is 6.24. The lowest BCUT2D eigenvalue weighted by Crippen LogP contribution is -2.27. The molecule has 0 spiro atoms. The molecule has 198 valence electrons. The van der Waals surface area contributed by atoms with E-state index in [1.165, 1.54) is 24.3 Å². The molecule has 0 atom stereocenters. The lowest BCUT2D eigenvalue weighted by Gasteiger charge is -2.12. The molecule has 0 fully saturated rings. The number of rotatable bonds is 5. The summed E-state index contributed by atoms with van der Waals surface area (Å²) in [6, 6.07) is 19.6. The summed E-state index contributed by atoms with van der Waals surface area (Å²) in [6.45, 7) is 0. The number of imidazole rings is 1. The van der Waals surface area contributed by atoms with Gasteiger partial charge in [0.1, 0.15) is 12.2 Å². The molecule has 0 saturated carbocycles. The van der Waals surface area contributed by atoms with E-state index >= 15 is 0 Å². The number of fused-ring (bicyclic) bond motifs is 1. The zero-order valence-corrected chi connectivity index (χ0v) is 22.2. The third-order valence-corrected chi connectivity index (χ3v) is 6.75. The van der Waals surface area contributed by atoms with Gasteiger partial charge in [0, 0.05) is 32.8 Å². The van der Waals surface area contributed by atoms with Crippen LogP contribution >= 0.6 is 23.2 Å². The zero-order valence-electron chi connectivity index (χ0n) is 20.7. The second-order valence-corrected chi connectivity index (χ2v) is 9.45. The standard InChI is InChI=1S/C27H18Cl2N8O3/c1-40-27(38)31-19-8-5-15(6-9-19)23-25(29)33-26(32-23)20-4-2-3-16-11-17(13-37(39)24(16)20)21-12-18(28)7-10-22(21)36-14-30-34-35-36/h2-14H,1H3,(H,31,38)(H,32,33). The Morgan fingerprint density at radius 1 is 1.05 bits per heavy atom. The molecule has 6 rings (SSSR count). The quantitative estimate of drug-likeness (QED) is 0.201. The number of nitrogens with zero attached hydrogens (tertiary/aromatic N) is 6. The number of carbonyl (C=O) groups excluding carboxylic acids is 1. The Balaban J connectivity index is 1.41. The number of hydrogen-bond donors (Lipinski definition) is 2. The van der Waals surface area contributed by atoms with Crippen molar-refractivity contribution in [2.45, 2.75) is 0 Å². The van der Waals surface area contributed by atoms with E-state index in [1.807, 2.05) is 18.2 Å². The van der Waals surface area contributed by atoms with Gasteiger partial charge < -0.3 is 14.9 Å². The van der Waals surface area contributed by atoms with E-state index in [1.54, 1.807) is 48.5 Å². The van der Waals surface area contributed by atoms with Crippen molar-refractivity contribution in [2.24, 2.45) is 0 Å². The molecule has 3 heterocycles. The van der Waals surface area contributed by atoms with E-state index < -0.39 is 6.09 Å². The van der Waals surface area contributed by atoms with E-state index in [0.717, 1.165) is 10.3 Å². The highest BCUT2D eigenvalue weighted by atomic mass is 35.5. The third kappa shape index (κ3) is 4.68. The van der Waals surface area contributed by atoms with Crippen LogP contribution in [0.1, 0.15) is 0 Å². The van der Waals surface area contributed by atoms with E-state index in [0.29, 0.717) is 55.5 Å². The number of halogens is 2. The van der Waals surface area contributed by atoms with Crippen LogP contribution in [-0.2, 0) is 4.74 Å². The first-order valence-electron chi connectivity index (χ1n) is 11.8. The summed E-state index contributed by atoms with van der Waals surface area (Å²) in [5, 5.41) is 28.9. The Hall–Kier alpha value is -5.00. The first kappa shape index (κ1) is 25.3. The lowest BCUT2D eigenvalue weighted by atomic mass is 10.0. The fourth-order valence-corrected chi connectivity index (χ4v) is 4.84. The van der Waals surface area contributed by atoms with Crippen molar-refractivity contribution in [1.82, 2.24) is 30.2 Å². The van der Waals surface area contributed by atoms with E-state index in [9.17, 15) is 10.0 Å². The first-order chi connectivity index (χ1) is 19.4. The van der Waals surface area contributed by atoms with E-state index in [-0.39, 0.29) is 5.15 Å². The van der Waals surface area contributed by atoms with E-state index in [2.05, 4.69) is 35.5 Å². The molecule has 3 aromatic heterocycles. The van der Waals surface area contributed by atoms with Crippen LogP contribution in [0.3, 0.4) is 0 Å². The molecular formula is C27H18Cl2N8O3. The van der Waals surface area contributed by atoms with Gasteiger partial charge in [-0.05, 0) is 59.0 Å². The highest BCUT2D eigenvalue weighted by molar-refractivity contribution is 6.32. The lowest BCUT2D eigenvalue weighted by molar-refractivity contribution is -0.576. The average molecular weight is 573 g/mol. The summed E-state index contributed by atoms with van der Waals surface area (Å²) in [6.07, 6.45) is 2.38. The number of carbonyl (C=O) groups is 1. The normalized spacial score (nSPS) is 11.1. The summed E-state index contributed by atoms with van der Waals surface area (Å²) < 4.78 is 6.92. The molecule has 2 N–H and O–H groups in total. The summed E-state index contributed by atoms with van der Waals surface area (Å²) >= 11 is 12.8. The van der Waals surface area contributed by atoms with Crippen LogP contribution in [0.4, 0.5) is 10.5 Å². The maximum Gasteiger partial charge on any atom is 0.411 e. The fraction of sp³-hybridized carbons (Fsp3) is 0.0370. The Morgan fingerprint density at radius 3 is 2.62 bits per heavy atom. The van der Waals surface area contributed by atoms with Gasteiger partial charge in [0.25, 0.3) is 0 Å². The summed E-state index contributed by atoms with van der Waals surface area (Å²) in [4.78, 5) is 19.2. The minimum Gasteiger partial charge on any atom is -0.618 e. The van der Waals surface area contributed by atoms with Gasteiger partial charge in [-0.3, -0.25) is 5.32 Å². The van der Waals surface area contributed by atoms with Gasteiger partial charge in [-0.1, -0.05) is 41.4 Å². The molecule has 0 unspecified atom stereocenters. The smallest absolute Gasteiger partial charge is 0.411 e. The molecule has 40 heavy (non-hydrogen) atoms. The predicted octanol–water partition coefficient (Wildman–Crippen LogP) is 5.66. The topological polar surface area (TPSA) is 138 Å². The number of benzene rings is 3. The number of tetrazole rings is 1. The van der Waals surface area contributed by atoms with Crippen molar-refractivity contribution >= 4 is 45.9 Å². The molecule has 3 aromatic carbocycles. The fourth-order valence-electron chi connectivity index (χ4n) is 4.43. The number of pyridine rings is 1. The largest absolute Gasteiger partial charge is 0.618 e. The molecule has 0 bridgehead atoms. The number of amides is 1. The minimum absolute atomic E-state index is 0.236. The van der Waals surface area contributed by atoms with Gasteiger partial charge in [0.2, 0.25) is 5.52 Å². The number of ether oxygens (including phenoxy) is 1. The summed E-state index contributed by atoms with van der Waals surface area (Å²) in [5.41, 5.74) is 4.84.